The van der Waals surface area contributed by atoms with Gasteiger partial charge in [-0.1, -0.05) is 0 Å². The van der Waals surface area contributed by atoms with E-state index in [1.165, 1.54) is 17.4 Å². The average Bonchev–Trinajstić information content (AvgIpc) is 3.51. The molecule has 2 amide bonds. The molecule has 8 N–H and O–H groups in total. The summed E-state index contributed by atoms with van der Waals surface area (Å²) < 4.78 is 0. The van der Waals surface area contributed by atoms with Gasteiger partial charge in [-0.3, -0.25) is 24.2 Å². The Morgan fingerprint density at radius 2 is 1.70 bits per heavy atom. The molecule has 0 fully saturated rings. The van der Waals surface area contributed by atoms with Crippen LogP contribution in [0.5, 0.6) is 0 Å². The molecule has 214 valence electrons. The molecule has 0 saturated heterocycles. The van der Waals surface area contributed by atoms with Crippen LogP contribution in [-0.2, 0) is 25.7 Å². The Morgan fingerprint density at radius 1 is 1.05 bits per heavy atom. The number of amides is 2. The third-order valence-corrected chi connectivity index (χ3v) is 7.80. The van der Waals surface area contributed by atoms with Gasteiger partial charge in [0.1, 0.15) is 16.9 Å². The maximum atomic E-state index is 12.7. The highest BCUT2D eigenvalue weighted by Gasteiger charge is 2.25. The number of fused-ring (bicyclic) bond motifs is 1. The summed E-state index contributed by atoms with van der Waals surface area (Å²) in [5, 5.41) is 34.8. The second-order valence-corrected chi connectivity index (χ2v) is 10.6. The lowest BCUT2D eigenvalue weighted by Gasteiger charge is -2.17. The fourth-order valence-electron chi connectivity index (χ4n) is 3.68. The van der Waals surface area contributed by atoms with Crippen molar-refractivity contribution < 1.29 is 39.3 Å². The average molecular weight is 595 g/mol. The first-order valence-corrected chi connectivity index (χ1v) is 13.4. The van der Waals surface area contributed by atoms with Crippen LogP contribution in [-0.4, -0.2) is 74.1 Å². The summed E-state index contributed by atoms with van der Waals surface area (Å²) in [6.07, 6.45) is -1.55. The van der Waals surface area contributed by atoms with Crippen molar-refractivity contribution in [3.63, 3.8) is 0 Å². The number of carbonyl (C=O) groups excluding carboxylic acids is 2. The van der Waals surface area contributed by atoms with Gasteiger partial charge in [-0.2, -0.15) is 0 Å². The van der Waals surface area contributed by atoms with Crippen molar-refractivity contribution in [3.8, 4) is 0 Å². The number of hydrogen-bond donors (Lipinski definition) is 7. The fraction of sp³-hybridized carbons (Fsp3) is 0.348. The van der Waals surface area contributed by atoms with Crippen LogP contribution in [0.4, 0.5) is 10.9 Å². The van der Waals surface area contributed by atoms with E-state index in [0.29, 0.717) is 27.3 Å². The molecule has 0 unspecified atom stereocenters. The first-order chi connectivity index (χ1) is 18.8. The Labute approximate surface area is 233 Å². The second-order valence-electron chi connectivity index (χ2n) is 8.68. The number of nitrogens with two attached hydrogens (primary N) is 1. The highest BCUT2D eigenvalue weighted by molar-refractivity contribution is 7.18. The minimum absolute atomic E-state index is 0.0219. The highest BCUT2D eigenvalue weighted by atomic mass is 32.1. The monoisotopic (exact) mass is 594 g/mol. The smallest absolute Gasteiger partial charge is 0.326 e. The zero-order chi connectivity index (χ0) is 29.6. The summed E-state index contributed by atoms with van der Waals surface area (Å²) in [5.74, 6) is -5.49. The van der Waals surface area contributed by atoms with E-state index in [-0.39, 0.29) is 29.2 Å². The largest absolute Gasteiger partial charge is 0.481 e. The highest BCUT2D eigenvalue weighted by Crippen LogP contribution is 2.29. The molecular weight excluding hydrogens is 568 g/mol. The van der Waals surface area contributed by atoms with Crippen LogP contribution in [0.15, 0.2) is 22.3 Å². The van der Waals surface area contributed by atoms with Crippen LogP contribution < -0.4 is 26.8 Å². The topological polar surface area (TPSA) is 245 Å². The molecule has 0 aliphatic rings. The van der Waals surface area contributed by atoms with Gasteiger partial charge < -0.3 is 36.6 Å². The lowest BCUT2D eigenvalue weighted by molar-refractivity contribution is -0.143. The van der Waals surface area contributed by atoms with E-state index in [9.17, 15) is 33.9 Å². The van der Waals surface area contributed by atoms with Crippen molar-refractivity contribution >= 4 is 73.6 Å². The van der Waals surface area contributed by atoms with Crippen molar-refractivity contribution in [1.82, 2.24) is 20.6 Å². The van der Waals surface area contributed by atoms with E-state index in [4.69, 9.17) is 15.9 Å². The normalized spacial score (nSPS) is 12.4. The van der Waals surface area contributed by atoms with Crippen LogP contribution in [0.2, 0.25) is 0 Å². The van der Waals surface area contributed by atoms with E-state index in [2.05, 4.69) is 20.6 Å². The van der Waals surface area contributed by atoms with Crippen LogP contribution in [0.3, 0.4) is 0 Å². The van der Waals surface area contributed by atoms with Crippen molar-refractivity contribution in [2.24, 2.45) is 0 Å². The fourth-order valence-corrected chi connectivity index (χ4v) is 5.49. The number of carboxylic acids is 3. The van der Waals surface area contributed by atoms with Crippen LogP contribution in [0.1, 0.15) is 40.9 Å². The van der Waals surface area contributed by atoms with E-state index < -0.39 is 54.6 Å². The number of aliphatic carboxylic acids is 3. The Morgan fingerprint density at radius 3 is 2.35 bits per heavy atom. The standard InChI is InChI=1S/C23H26N6O9S2/c1-29(8-10-9-39-20-17(10)19(34)27-23(24)28-20)15-6-4-13(40-15)18(33)26-12(22(37)38)2-5-14(30)25-11(21(35)36)3-7-16(31)32/h4,6,9,11-12H,2-3,5,7-8H2,1H3,(H,25,30)(H,26,33)(H,31,32)(H,35,36)(H,37,38)(H3,24,27,28,34)/t11-,12-/m0/s1. The summed E-state index contributed by atoms with van der Waals surface area (Å²) >= 11 is 2.37. The molecule has 0 bridgehead atoms. The summed E-state index contributed by atoms with van der Waals surface area (Å²) in [4.78, 5) is 79.9. The predicted octanol–water partition coefficient (Wildman–Crippen LogP) is 0.662. The number of carboxylic acid groups (broad SMARTS) is 3. The van der Waals surface area contributed by atoms with Crippen LogP contribution in [0.25, 0.3) is 10.2 Å². The Balaban J connectivity index is 1.59. The van der Waals surface area contributed by atoms with E-state index >= 15 is 0 Å². The molecule has 0 saturated carbocycles. The molecule has 15 nitrogen and oxygen atoms in total. The number of hydrogen-bond acceptors (Lipinski definition) is 11. The number of aromatic nitrogens is 2. The van der Waals surface area contributed by atoms with Gasteiger partial charge in [0.15, 0.2) is 0 Å². The van der Waals surface area contributed by atoms with Crippen molar-refractivity contribution in [2.45, 2.75) is 44.3 Å². The number of nitrogens with zero attached hydrogens (tertiary/aromatic N) is 2. The maximum absolute atomic E-state index is 12.7. The molecule has 0 aliphatic heterocycles. The number of rotatable bonds is 14. The number of anilines is 2. The molecular formula is C23H26N6O9S2. The van der Waals surface area contributed by atoms with Crippen molar-refractivity contribution in [3.05, 3.63) is 38.3 Å². The molecule has 0 radical (unpaired) electrons. The van der Waals surface area contributed by atoms with Gasteiger partial charge in [0, 0.05) is 26.4 Å². The quantitative estimate of drug-likeness (QED) is 0.136. The lowest BCUT2D eigenvalue weighted by atomic mass is 10.1. The third kappa shape index (κ3) is 7.76. The Hall–Kier alpha value is -4.51. The minimum atomic E-state index is -1.44. The third-order valence-electron chi connectivity index (χ3n) is 5.68. The number of carbonyl (C=O) groups is 5. The second kappa shape index (κ2) is 13.0. The number of thiophene rings is 2. The van der Waals surface area contributed by atoms with Crippen molar-refractivity contribution in [2.75, 3.05) is 17.7 Å². The van der Waals surface area contributed by atoms with Gasteiger partial charge in [-0.25, -0.2) is 14.6 Å². The van der Waals surface area contributed by atoms with Crippen LogP contribution in [0, 0.1) is 0 Å². The molecule has 0 aromatic carbocycles. The molecule has 0 aliphatic carbocycles. The van der Waals surface area contributed by atoms with E-state index in [1.54, 1.807) is 23.4 Å². The van der Waals surface area contributed by atoms with Crippen LogP contribution >= 0.6 is 22.7 Å². The molecule has 3 aromatic rings. The molecule has 3 aromatic heterocycles. The molecule has 17 heteroatoms. The maximum Gasteiger partial charge on any atom is 0.326 e. The Bertz CT molecular complexity index is 1500. The van der Waals surface area contributed by atoms with Gasteiger partial charge in [-0.15, -0.1) is 22.7 Å². The molecule has 0 spiro atoms. The minimum Gasteiger partial charge on any atom is -0.481 e. The van der Waals surface area contributed by atoms with Gasteiger partial charge in [0.2, 0.25) is 11.9 Å². The first-order valence-electron chi connectivity index (χ1n) is 11.7. The zero-order valence-corrected chi connectivity index (χ0v) is 22.6. The number of nitrogen functional groups attached to an aromatic ring is 1. The lowest BCUT2D eigenvalue weighted by Crippen LogP contribution is -2.44. The molecule has 3 rings (SSSR count). The SMILES string of the molecule is CN(Cc1csc2nc(N)[nH]c(=O)c12)c1ccc(C(=O)N[C@@H](CCC(=O)N[C@@H](CCC(=O)O)C(=O)O)C(=O)O)s1. The number of nitrogens with one attached hydrogen (secondary N) is 3. The Kier molecular flexibility index (Phi) is 9.78. The molecule has 2 atom stereocenters. The number of H-pyrrole nitrogens is 1. The zero-order valence-electron chi connectivity index (χ0n) is 21.0. The number of aromatic amines is 1. The summed E-state index contributed by atoms with van der Waals surface area (Å²) in [7, 11) is 1.76. The van der Waals surface area contributed by atoms with Crippen molar-refractivity contribution in [1.29, 1.82) is 0 Å². The summed E-state index contributed by atoms with van der Waals surface area (Å²) in [6.45, 7) is 0.326. The summed E-state index contributed by atoms with van der Waals surface area (Å²) in [6, 6.07) is 0.301. The first kappa shape index (κ1) is 30.0. The predicted molar refractivity (Wildman–Crippen MR) is 146 cm³/mol. The van der Waals surface area contributed by atoms with Gasteiger partial charge in [-0.05, 0) is 35.9 Å². The van der Waals surface area contributed by atoms with Gasteiger partial charge in [0.25, 0.3) is 11.5 Å². The van der Waals surface area contributed by atoms with Gasteiger partial charge in [0.05, 0.1) is 15.3 Å². The van der Waals surface area contributed by atoms with Gasteiger partial charge >= 0.3 is 17.9 Å². The summed E-state index contributed by atoms with van der Waals surface area (Å²) in [5.41, 5.74) is 5.95. The van der Waals surface area contributed by atoms with E-state index in [1.807, 2.05) is 0 Å². The van der Waals surface area contributed by atoms with E-state index in [0.717, 1.165) is 11.3 Å². The molecule has 40 heavy (non-hydrogen) atoms. The molecule has 3 heterocycles.